The lowest BCUT2D eigenvalue weighted by molar-refractivity contribution is 0.0506. The number of halogens is 4. The highest BCUT2D eigenvalue weighted by Crippen LogP contribution is 2.63. The van der Waals surface area contributed by atoms with E-state index in [1.807, 2.05) is 0 Å². The van der Waals surface area contributed by atoms with Crippen molar-refractivity contribution < 1.29 is 46.3 Å². The summed E-state index contributed by atoms with van der Waals surface area (Å²) in [7, 11) is -12.1. The zero-order valence-corrected chi connectivity index (χ0v) is 13.3. The highest BCUT2D eigenvalue weighted by molar-refractivity contribution is 7.53. The molecule has 0 aromatic heterocycles. The summed E-state index contributed by atoms with van der Waals surface area (Å²) < 4.78 is 77.8. The molecule has 4 N–H and O–H groups in total. The number of benzene rings is 2. The molecule has 0 aliphatic rings. The fraction of sp³-hybridized carbons (Fsp3) is 0.167. The van der Waals surface area contributed by atoms with Gasteiger partial charge in [-0.15, -0.1) is 0 Å². The van der Waals surface area contributed by atoms with Crippen LogP contribution in [0.5, 0.6) is 0 Å². The van der Waals surface area contributed by atoms with E-state index in [1.54, 1.807) is 0 Å². The highest BCUT2D eigenvalue weighted by atomic mass is 31.2. The normalized spacial score (nSPS) is 14.2. The van der Waals surface area contributed by atoms with Gasteiger partial charge in [0.1, 0.15) is 0 Å². The topological polar surface area (TPSA) is 115 Å². The van der Waals surface area contributed by atoms with Crippen LogP contribution in [-0.4, -0.2) is 19.6 Å². The van der Waals surface area contributed by atoms with E-state index in [9.17, 15) is 26.7 Å². The molecule has 0 aliphatic carbocycles. The van der Waals surface area contributed by atoms with Gasteiger partial charge in [-0.05, 0) is 22.9 Å². The molecule has 0 saturated carbocycles. The van der Waals surface area contributed by atoms with Crippen molar-refractivity contribution in [1.82, 2.24) is 0 Å². The lowest BCUT2D eigenvalue weighted by atomic mass is 10.0. The Bertz CT molecular complexity index is 888. The Morgan fingerprint density at radius 2 is 1.29 bits per heavy atom. The predicted molar refractivity (Wildman–Crippen MR) is 75.8 cm³/mol. The third-order valence-electron chi connectivity index (χ3n) is 3.26. The fourth-order valence-electron chi connectivity index (χ4n) is 2.06. The molecule has 0 unspecified atom stereocenters. The third kappa shape index (κ3) is 3.01. The molecule has 0 amide bonds. The molecule has 0 atom stereocenters. The van der Waals surface area contributed by atoms with Gasteiger partial charge in [-0.2, -0.15) is 17.6 Å². The molecule has 6 nitrogen and oxygen atoms in total. The van der Waals surface area contributed by atoms with Crippen LogP contribution in [0.3, 0.4) is 0 Å². The van der Waals surface area contributed by atoms with E-state index in [0.29, 0.717) is 6.07 Å². The standard InChI is InChI=1S/C12H10F4O6P2/c13-11(14,23(17,18)19)8-5-7-3-1-2-4-9(7)10(6-8)12(15,16)24(20,21)22/h1-6H,(H2,17,18,19)(H2,20,21,22). The highest BCUT2D eigenvalue weighted by Gasteiger charge is 2.54. The Hall–Kier alpha value is -1.28. The summed E-state index contributed by atoms with van der Waals surface area (Å²) in [5.41, 5.74) is -12.6. The fourth-order valence-corrected chi connectivity index (χ4v) is 3.02. The Balaban J connectivity index is 2.91. The minimum atomic E-state index is -6.08. The van der Waals surface area contributed by atoms with Crippen LogP contribution in [0.4, 0.5) is 17.6 Å². The number of alkyl halides is 4. The number of rotatable bonds is 4. The van der Waals surface area contributed by atoms with Gasteiger partial charge in [0.05, 0.1) is 0 Å². The van der Waals surface area contributed by atoms with Crippen molar-refractivity contribution >= 4 is 26.0 Å². The van der Waals surface area contributed by atoms with Crippen molar-refractivity contribution in [2.75, 3.05) is 0 Å². The molecule has 0 saturated heterocycles. The number of hydrogen-bond donors (Lipinski definition) is 4. The second-order valence-electron chi connectivity index (χ2n) is 4.92. The zero-order valence-electron chi connectivity index (χ0n) is 11.5. The van der Waals surface area contributed by atoms with E-state index >= 15 is 0 Å². The summed E-state index contributed by atoms with van der Waals surface area (Å²) in [4.78, 5) is 35.2. The summed E-state index contributed by atoms with van der Waals surface area (Å²) >= 11 is 0. The van der Waals surface area contributed by atoms with Crippen molar-refractivity contribution in [3.05, 3.63) is 47.5 Å². The smallest absolute Gasteiger partial charge is 0.320 e. The van der Waals surface area contributed by atoms with Gasteiger partial charge in [-0.25, -0.2) is 0 Å². The van der Waals surface area contributed by atoms with Crippen LogP contribution in [0.1, 0.15) is 11.1 Å². The summed E-state index contributed by atoms with van der Waals surface area (Å²) in [5, 5.41) is -0.720. The van der Waals surface area contributed by atoms with E-state index in [2.05, 4.69) is 0 Å². The van der Waals surface area contributed by atoms with Crippen molar-refractivity contribution in [3.63, 3.8) is 0 Å². The van der Waals surface area contributed by atoms with Crippen LogP contribution >= 0.6 is 15.2 Å². The minimum Gasteiger partial charge on any atom is -0.320 e. The van der Waals surface area contributed by atoms with Crippen LogP contribution in [-0.2, 0) is 20.5 Å². The van der Waals surface area contributed by atoms with Gasteiger partial charge in [0.2, 0.25) is 0 Å². The van der Waals surface area contributed by atoms with Crippen molar-refractivity contribution in [2.24, 2.45) is 0 Å². The Kier molecular flexibility index (Phi) is 4.46. The second kappa shape index (κ2) is 5.62. The Morgan fingerprint density at radius 3 is 1.79 bits per heavy atom. The van der Waals surface area contributed by atoms with Gasteiger partial charge in [0.15, 0.2) is 0 Å². The Morgan fingerprint density at radius 1 is 0.792 bits per heavy atom. The van der Waals surface area contributed by atoms with E-state index in [4.69, 9.17) is 19.6 Å². The van der Waals surface area contributed by atoms with Crippen molar-refractivity contribution in [1.29, 1.82) is 0 Å². The van der Waals surface area contributed by atoms with Crippen LogP contribution in [0.2, 0.25) is 0 Å². The molecule has 0 spiro atoms. The maximum absolute atomic E-state index is 14.1. The average Bonchev–Trinajstić information content (AvgIpc) is 2.43. The summed E-state index contributed by atoms with van der Waals surface area (Å²) in [6.07, 6.45) is 0. The average molecular weight is 388 g/mol. The SMILES string of the molecule is O=P(O)(O)C(F)(F)c1cc(C(F)(F)P(=O)(O)O)c2ccccc2c1. The first-order valence-electron chi connectivity index (χ1n) is 6.10. The van der Waals surface area contributed by atoms with Crippen molar-refractivity contribution in [2.45, 2.75) is 11.3 Å². The first-order valence-corrected chi connectivity index (χ1v) is 9.33. The van der Waals surface area contributed by atoms with Gasteiger partial charge in [0, 0.05) is 11.1 Å². The van der Waals surface area contributed by atoms with Crippen LogP contribution in [0, 0.1) is 0 Å². The van der Waals surface area contributed by atoms with Gasteiger partial charge in [-0.3, -0.25) is 9.13 Å². The summed E-state index contributed by atoms with van der Waals surface area (Å²) in [6.45, 7) is 0. The number of hydrogen-bond acceptors (Lipinski definition) is 2. The zero-order chi connectivity index (χ0) is 18.6. The van der Waals surface area contributed by atoms with E-state index < -0.39 is 43.0 Å². The molecule has 12 heteroatoms. The Labute approximate surface area is 132 Å². The predicted octanol–water partition coefficient (Wildman–Crippen LogP) is 3.29. The second-order valence-corrected chi connectivity index (χ2v) is 8.21. The molecule has 0 radical (unpaired) electrons. The first kappa shape index (κ1) is 19.1. The molecule has 24 heavy (non-hydrogen) atoms. The lowest BCUT2D eigenvalue weighted by Gasteiger charge is -2.23. The van der Waals surface area contributed by atoms with Crippen LogP contribution < -0.4 is 0 Å². The van der Waals surface area contributed by atoms with Gasteiger partial charge < -0.3 is 19.6 Å². The molecule has 0 fully saturated rings. The molecule has 0 heterocycles. The number of fused-ring (bicyclic) bond motifs is 1. The van der Waals surface area contributed by atoms with E-state index in [0.717, 1.165) is 12.1 Å². The van der Waals surface area contributed by atoms with Crippen molar-refractivity contribution in [3.8, 4) is 0 Å². The molecule has 2 aromatic rings. The maximum Gasteiger partial charge on any atom is 0.399 e. The molecular weight excluding hydrogens is 378 g/mol. The van der Waals surface area contributed by atoms with Gasteiger partial charge in [0.25, 0.3) is 0 Å². The van der Waals surface area contributed by atoms with E-state index in [-0.39, 0.29) is 11.5 Å². The monoisotopic (exact) mass is 388 g/mol. The molecule has 2 aromatic carbocycles. The summed E-state index contributed by atoms with van der Waals surface area (Å²) in [5.74, 6) is 0. The van der Waals surface area contributed by atoms with Crippen LogP contribution in [0.15, 0.2) is 36.4 Å². The summed E-state index contributed by atoms with van der Waals surface area (Å²) in [6, 6.07) is 5.21. The molecule has 2 rings (SSSR count). The third-order valence-corrected chi connectivity index (χ3v) is 5.23. The lowest BCUT2D eigenvalue weighted by Crippen LogP contribution is -2.18. The quantitative estimate of drug-likeness (QED) is 0.472. The molecule has 0 bridgehead atoms. The molecule has 132 valence electrons. The largest absolute Gasteiger partial charge is 0.399 e. The maximum atomic E-state index is 14.1. The minimum absolute atomic E-state index is 0.000509. The molecule has 0 aliphatic heterocycles. The van der Waals surface area contributed by atoms with Gasteiger partial charge >= 0.3 is 26.5 Å². The molecular formula is C12H10F4O6P2. The van der Waals surface area contributed by atoms with Gasteiger partial charge in [-0.1, -0.05) is 24.3 Å². The van der Waals surface area contributed by atoms with E-state index in [1.165, 1.54) is 12.1 Å². The first-order chi connectivity index (χ1) is 10.7. The van der Waals surface area contributed by atoms with Crippen LogP contribution in [0.25, 0.3) is 10.8 Å².